The molecule has 0 radical (unpaired) electrons. The van der Waals surface area contributed by atoms with Crippen molar-refractivity contribution in [1.29, 1.82) is 0 Å². The molecule has 5 rings (SSSR count). The number of carbonyl (C=O) groups excluding carboxylic acids is 3. The Morgan fingerprint density at radius 1 is 1.02 bits per heavy atom. The number of amides is 4. The van der Waals surface area contributed by atoms with Gasteiger partial charge in [0.15, 0.2) is 0 Å². The molecule has 10 nitrogen and oxygen atoms in total. The zero-order valence-corrected chi connectivity index (χ0v) is 24.4. The summed E-state index contributed by atoms with van der Waals surface area (Å²) in [7, 11) is 2.02. The van der Waals surface area contributed by atoms with Crippen LogP contribution in [0.2, 0.25) is 0 Å². The minimum absolute atomic E-state index is 0.105. The van der Waals surface area contributed by atoms with E-state index in [2.05, 4.69) is 22.1 Å². The number of anilines is 1. The molecule has 3 aromatic carbocycles. The third kappa shape index (κ3) is 7.15. The number of urea groups is 1. The van der Waals surface area contributed by atoms with E-state index in [-0.39, 0.29) is 50.6 Å². The maximum atomic E-state index is 14.2. The van der Waals surface area contributed by atoms with Crippen LogP contribution in [0.1, 0.15) is 22.7 Å². The first-order valence-electron chi connectivity index (χ1n) is 14.5. The molecular weight excluding hydrogens is 544 g/mol. The molecule has 43 heavy (non-hydrogen) atoms. The Hall–Kier alpha value is -4.83. The molecule has 3 aromatic rings. The van der Waals surface area contributed by atoms with Gasteiger partial charge in [-0.2, -0.15) is 0 Å². The molecule has 0 bridgehead atoms. The molecule has 224 valence electrons. The van der Waals surface area contributed by atoms with Crippen LogP contribution in [0.15, 0.2) is 91.5 Å². The van der Waals surface area contributed by atoms with E-state index < -0.39 is 6.04 Å². The van der Waals surface area contributed by atoms with E-state index >= 15 is 0 Å². The Kier molecular flexibility index (Phi) is 9.58. The van der Waals surface area contributed by atoms with E-state index in [4.69, 9.17) is 4.74 Å². The van der Waals surface area contributed by atoms with Gasteiger partial charge in [-0.15, -0.1) is 6.58 Å². The predicted molar refractivity (Wildman–Crippen MR) is 165 cm³/mol. The molecular formula is C33H38N6O4. The lowest BCUT2D eigenvalue weighted by atomic mass is 10.0. The number of carbonyl (C=O) groups is 3. The minimum Gasteiger partial charge on any atom is -0.489 e. The normalized spacial score (nSPS) is 17.5. The smallest absolute Gasteiger partial charge is 0.332 e. The summed E-state index contributed by atoms with van der Waals surface area (Å²) >= 11 is 0. The van der Waals surface area contributed by atoms with Crippen molar-refractivity contribution in [2.75, 3.05) is 51.3 Å². The molecule has 0 aromatic heterocycles. The maximum absolute atomic E-state index is 14.2. The van der Waals surface area contributed by atoms with Crippen LogP contribution in [0, 0.1) is 0 Å². The van der Waals surface area contributed by atoms with Crippen molar-refractivity contribution in [3.8, 4) is 5.75 Å². The van der Waals surface area contributed by atoms with Gasteiger partial charge in [-0.25, -0.2) is 9.80 Å². The van der Waals surface area contributed by atoms with Crippen LogP contribution in [-0.4, -0.2) is 79.1 Å². The highest BCUT2D eigenvalue weighted by Gasteiger charge is 2.33. The fourth-order valence-corrected chi connectivity index (χ4v) is 5.36. The lowest BCUT2D eigenvalue weighted by molar-refractivity contribution is -0.136. The quantitative estimate of drug-likeness (QED) is 0.396. The zero-order valence-electron chi connectivity index (χ0n) is 24.4. The predicted octanol–water partition coefficient (Wildman–Crippen LogP) is 3.33. The second-order valence-corrected chi connectivity index (χ2v) is 10.6. The van der Waals surface area contributed by atoms with Gasteiger partial charge in [0.2, 0.25) is 11.8 Å². The third-order valence-electron chi connectivity index (χ3n) is 7.64. The number of nitrogens with one attached hydrogen (secondary N) is 2. The number of hydrogen-bond donors (Lipinski definition) is 2. The third-order valence-corrected chi connectivity index (χ3v) is 7.64. The summed E-state index contributed by atoms with van der Waals surface area (Å²) in [6.07, 6.45) is 1.62. The van der Waals surface area contributed by atoms with Gasteiger partial charge in [-0.05, 0) is 17.2 Å². The second kappa shape index (κ2) is 13.9. The molecule has 0 aliphatic carbocycles. The molecule has 2 aliphatic rings. The summed E-state index contributed by atoms with van der Waals surface area (Å²) < 4.78 is 6.07. The SMILES string of the molecule is C=CCN(C(=O)NCc1ccccc1)N1CCN(Cc2cccc3c2OCCN3C)C(=O)[C@H](c2ccccc2)NC(=O)C1. The van der Waals surface area contributed by atoms with Crippen LogP contribution in [0.4, 0.5) is 10.5 Å². The Morgan fingerprint density at radius 2 is 1.77 bits per heavy atom. The summed E-state index contributed by atoms with van der Waals surface area (Å²) in [6.45, 7) is 6.39. The van der Waals surface area contributed by atoms with E-state index in [1.165, 1.54) is 5.01 Å². The van der Waals surface area contributed by atoms with E-state index in [1.807, 2.05) is 85.9 Å². The number of likely N-dealkylation sites (N-methyl/N-ethyl adjacent to an activating group) is 1. The van der Waals surface area contributed by atoms with Crippen LogP contribution in [-0.2, 0) is 22.7 Å². The van der Waals surface area contributed by atoms with E-state index in [1.54, 1.807) is 16.0 Å². The number of para-hydroxylation sites is 1. The van der Waals surface area contributed by atoms with Crippen LogP contribution in [0.25, 0.3) is 0 Å². The first kappa shape index (κ1) is 29.7. The summed E-state index contributed by atoms with van der Waals surface area (Å²) in [5.41, 5.74) is 3.50. The number of benzene rings is 3. The Bertz CT molecular complexity index is 1430. The maximum Gasteiger partial charge on any atom is 0.332 e. The summed E-state index contributed by atoms with van der Waals surface area (Å²) in [5.74, 6) is 0.164. The van der Waals surface area contributed by atoms with Crippen molar-refractivity contribution in [2.45, 2.75) is 19.1 Å². The summed E-state index contributed by atoms with van der Waals surface area (Å²) in [6, 6.07) is 23.5. The van der Waals surface area contributed by atoms with E-state index in [0.717, 1.165) is 29.1 Å². The van der Waals surface area contributed by atoms with E-state index in [9.17, 15) is 14.4 Å². The first-order chi connectivity index (χ1) is 20.9. The van der Waals surface area contributed by atoms with Gasteiger partial charge in [0.25, 0.3) is 0 Å². The fraction of sp³-hybridized carbons (Fsp3) is 0.303. The van der Waals surface area contributed by atoms with E-state index in [0.29, 0.717) is 18.7 Å². The fourth-order valence-electron chi connectivity index (χ4n) is 5.36. The van der Waals surface area contributed by atoms with Gasteiger partial charge >= 0.3 is 6.03 Å². The van der Waals surface area contributed by atoms with Crippen molar-refractivity contribution >= 4 is 23.5 Å². The average Bonchev–Trinajstić information content (AvgIpc) is 3.09. The van der Waals surface area contributed by atoms with Gasteiger partial charge < -0.3 is 25.2 Å². The molecule has 2 heterocycles. The highest BCUT2D eigenvalue weighted by atomic mass is 16.5. The lowest BCUT2D eigenvalue weighted by Crippen LogP contribution is -2.54. The molecule has 0 saturated carbocycles. The van der Waals surface area contributed by atoms with Gasteiger partial charge in [0.05, 0.1) is 25.3 Å². The Morgan fingerprint density at radius 3 is 2.51 bits per heavy atom. The average molecular weight is 583 g/mol. The van der Waals surface area contributed by atoms with Crippen molar-refractivity contribution in [1.82, 2.24) is 25.6 Å². The van der Waals surface area contributed by atoms with Crippen molar-refractivity contribution < 1.29 is 19.1 Å². The second-order valence-electron chi connectivity index (χ2n) is 10.6. The van der Waals surface area contributed by atoms with Crippen molar-refractivity contribution in [3.05, 3.63) is 108 Å². The standard InChI is InChI=1S/C33H38N6O4/c1-3-17-39(33(42)34-22-25-11-6-4-7-12-25)38-19-18-37(23-27-15-10-16-28-31(27)43-21-20-36(28)2)32(41)30(35-29(40)24-38)26-13-8-5-9-14-26/h3-16,30H,1,17-24H2,2H3,(H,34,42)(H,35,40)/t30-/m0/s1. The zero-order chi connectivity index (χ0) is 30.2. The summed E-state index contributed by atoms with van der Waals surface area (Å²) in [5, 5.41) is 9.03. The number of hydrazine groups is 1. The lowest BCUT2D eigenvalue weighted by Gasteiger charge is -2.35. The van der Waals surface area contributed by atoms with Crippen LogP contribution in [0.5, 0.6) is 5.75 Å². The number of ether oxygens (including phenoxy) is 1. The van der Waals surface area contributed by atoms with Crippen LogP contribution in [0.3, 0.4) is 0 Å². The topological polar surface area (TPSA) is 97.5 Å². The number of fused-ring (bicyclic) bond motifs is 1. The molecule has 2 aliphatic heterocycles. The monoisotopic (exact) mass is 582 g/mol. The van der Waals surface area contributed by atoms with Crippen molar-refractivity contribution in [3.63, 3.8) is 0 Å². The Balaban J connectivity index is 1.43. The van der Waals surface area contributed by atoms with Gasteiger partial charge in [0, 0.05) is 38.8 Å². The van der Waals surface area contributed by atoms with Gasteiger partial charge in [-0.1, -0.05) is 78.9 Å². The molecule has 10 heteroatoms. The number of rotatable bonds is 8. The number of hydrogen-bond acceptors (Lipinski definition) is 6. The minimum atomic E-state index is -0.878. The first-order valence-corrected chi connectivity index (χ1v) is 14.5. The molecule has 1 fully saturated rings. The summed E-state index contributed by atoms with van der Waals surface area (Å²) in [4.78, 5) is 44.8. The molecule has 4 amide bonds. The van der Waals surface area contributed by atoms with Gasteiger partial charge in [0.1, 0.15) is 18.4 Å². The highest BCUT2D eigenvalue weighted by molar-refractivity contribution is 5.90. The highest BCUT2D eigenvalue weighted by Crippen LogP contribution is 2.35. The molecule has 1 saturated heterocycles. The molecule has 2 N–H and O–H groups in total. The molecule has 0 unspecified atom stereocenters. The number of nitrogens with zero attached hydrogens (tertiary/aromatic N) is 4. The van der Waals surface area contributed by atoms with Gasteiger partial charge in [-0.3, -0.25) is 14.6 Å². The van der Waals surface area contributed by atoms with Crippen LogP contribution < -0.4 is 20.3 Å². The van der Waals surface area contributed by atoms with Crippen LogP contribution >= 0.6 is 0 Å². The molecule has 1 atom stereocenters. The van der Waals surface area contributed by atoms with Crippen molar-refractivity contribution in [2.24, 2.45) is 0 Å². The molecule has 0 spiro atoms. The largest absolute Gasteiger partial charge is 0.489 e. The Labute approximate surface area is 252 Å².